The molecule has 1 saturated heterocycles. The zero-order chi connectivity index (χ0) is 14.3. The number of anilines is 1. The number of benzene rings is 1. The average Bonchev–Trinajstić information content (AvgIpc) is 3.24. The van der Waals surface area contributed by atoms with Crippen molar-refractivity contribution in [2.75, 3.05) is 4.90 Å². The molecule has 3 fully saturated rings. The van der Waals surface area contributed by atoms with Crippen LogP contribution in [0.3, 0.4) is 0 Å². The number of hydrogen-bond acceptors (Lipinski definition) is 2. The van der Waals surface area contributed by atoms with E-state index in [-0.39, 0.29) is 35.5 Å². The fourth-order valence-corrected chi connectivity index (χ4v) is 5.01. The highest BCUT2D eigenvalue weighted by Gasteiger charge is 2.67. The number of hydrogen-bond donors (Lipinski definition) is 0. The second-order valence-corrected chi connectivity index (χ2v) is 7.08. The second kappa shape index (κ2) is 3.77. The summed E-state index contributed by atoms with van der Waals surface area (Å²) < 4.78 is 0. The van der Waals surface area contributed by atoms with Crippen molar-refractivity contribution in [2.45, 2.75) is 6.42 Å². The van der Waals surface area contributed by atoms with Crippen LogP contribution in [0.2, 0.25) is 5.02 Å². The highest BCUT2D eigenvalue weighted by Crippen LogP contribution is 2.65. The van der Waals surface area contributed by atoms with E-state index in [0.717, 1.165) is 0 Å². The van der Waals surface area contributed by atoms with E-state index >= 15 is 0 Å². The van der Waals surface area contributed by atoms with Gasteiger partial charge in [-0.2, -0.15) is 0 Å². The lowest BCUT2D eigenvalue weighted by molar-refractivity contribution is -0.124. The van der Waals surface area contributed by atoms with Crippen molar-refractivity contribution in [3.8, 4) is 0 Å². The molecule has 2 saturated carbocycles. The molecule has 106 valence electrons. The quantitative estimate of drug-likeness (QED) is 0.591. The molecule has 21 heavy (non-hydrogen) atoms. The van der Waals surface area contributed by atoms with Crippen LogP contribution in [0.1, 0.15) is 6.42 Å². The number of allylic oxidation sites excluding steroid dienone is 2. The van der Waals surface area contributed by atoms with E-state index < -0.39 is 0 Å². The van der Waals surface area contributed by atoms with Crippen LogP contribution < -0.4 is 4.90 Å². The molecule has 1 aliphatic heterocycles. The zero-order valence-corrected chi connectivity index (χ0v) is 12.0. The Kier molecular flexibility index (Phi) is 2.15. The molecule has 4 aliphatic carbocycles. The molecule has 1 aromatic rings. The van der Waals surface area contributed by atoms with E-state index in [9.17, 15) is 9.59 Å². The molecule has 0 N–H and O–H groups in total. The third-order valence-electron chi connectivity index (χ3n) is 5.73. The van der Waals surface area contributed by atoms with Crippen LogP contribution in [0.15, 0.2) is 36.4 Å². The van der Waals surface area contributed by atoms with Gasteiger partial charge in [-0.3, -0.25) is 9.59 Å². The van der Waals surface area contributed by atoms with Gasteiger partial charge in [-0.1, -0.05) is 29.8 Å². The lowest BCUT2D eigenvalue weighted by Gasteiger charge is -2.37. The monoisotopic (exact) mass is 299 g/mol. The average molecular weight is 300 g/mol. The molecule has 4 heteroatoms. The summed E-state index contributed by atoms with van der Waals surface area (Å²) in [5.41, 5.74) is 0.611. The molecule has 5 aliphatic rings. The van der Waals surface area contributed by atoms with Crippen molar-refractivity contribution in [3.05, 3.63) is 41.4 Å². The Balaban J connectivity index is 1.60. The normalized spacial score (nSPS) is 42.2. The van der Waals surface area contributed by atoms with Gasteiger partial charge in [0, 0.05) is 5.02 Å². The predicted octanol–water partition coefficient (Wildman–Crippen LogP) is 2.90. The van der Waals surface area contributed by atoms with Crippen molar-refractivity contribution < 1.29 is 9.59 Å². The Bertz CT molecular complexity index is 676. The van der Waals surface area contributed by atoms with Crippen molar-refractivity contribution in [1.82, 2.24) is 0 Å². The molecule has 0 aromatic heterocycles. The minimum atomic E-state index is -0.143. The maximum Gasteiger partial charge on any atom is 0.238 e. The lowest BCUT2D eigenvalue weighted by Crippen LogP contribution is -2.40. The van der Waals surface area contributed by atoms with Crippen LogP contribution in [-0.2, 0) is 9.59 Å². The number of nitrogens with zero attached hydrogens (tertiary/aromatic N) is 1. The van der Waals surface area contributed by atoms with Crippen LogP contribution in [0.4, 0.5) is 5.69 Å². The van der Waals surface area contributed by atoms with Crippen molar-refractivity contribution >= 4 is 29.1 Å². The number of imide groups is 1. The Labute approximate surface area is 127 Å². The summed E-state index contributed by atoms with van der Waals surface area (Å²) in [6, 6.07) is 7.02. The van der Waals surface area contributed by atoms with Crippen LogP contribution in [-0.4, -0.2) is 11.8 Å². The van der Waals surface area contributed by atoms with Gasteiger partial charge in [-0.05, 0) is 48.3 Å². The lowest BCUT2D eigenvalue weighted by atomic mass is 9.63. The first-order valence-corrected chi connectivity index (χ1v) is 7.86. The zero-order valence-electron chi connectivity index (χ0n) is 11.3. The second-order valence-electron chi connectivity index (χ2n) is 6.65. The summed E-state index contributed by atoms with van der Waals surface area (Å²) in [6.45, 7) is 0. The summed E-state index contributed by atoms with van der Waals surface area (Å²) in [7, 11) is 0. The topological polar surface area (TPSA) is 37.4 Å². The highest BCUT2D eigenvalue weighted by atomic mass is 35.5. The maximum absolute atomic E-state index is 12.8. The first-order valence-electron chi connectivity index (χ1n) is 7.48. The van der Waals surface area contributed by atoms with E-state index in [4.69, 9.17) is 11.6 Å². The number of amides is 2. The van der Waals surface area contributed by atoms with Crippen molar-refractivity contribution in [3.63, 3.8) is 0 Å². The van der Waals surface area contributed by atoms with Gasteiger partial charge in [0.05, 0.1) is 17.5 Å². The van der Waals surface area contributed by atoms with Gasteiger partial charge in [0.1, 0.15) is 0 Å². The molecule has 6 rings (SSSR count). The Morgan fingerprint density at radius 3 is 2.19 bits per heavy atom. The molecule has 6 atom stereocenters. The number of carbonyl (C=O) groups is 2. The molecule has 2 bridgehead atoms. The predicted molar refractivity (Wildman–Crippen MR) is 78.6 cm³/mol. The van der Waals surface area contributed by atoms with Gasteiger partial charge < -0.3 is 0 Å². The molecule has 1 heterocycles. The maximum atomic E-state index is 12.8. The van der Waals surface area contributed by atoms with E-state index in [1.165, 1.54) is 11.3 Å². The molecule has 0 unspecified atom stereocenters. The fraction of sp³-hybridized carbons (Fsp3) is 0.412. The largest absolute Gasteiger partial charge is 0.274 e. The van der Waals surface area contributed by atoms with Gasteiger partial charge in [-0.25, -0.2) is 4.90 Å². The van der Waals surface area contributed by atoms with Crippen LogP contribution >= 0.6 is 11.6 Å². The van der Waals surface area contributed by atoms with Gasteiger partial charge in [0.25, 0.3) is 0 Å². The van der Waals surface area contributed by atoms with E-state index in [0.29, 0.717) is 22.5 Å². The van der Waals surface area contributed by atoms with E-state index in [1.54, 1.807) is 24.3 Å². The molecular formula is C17H14ClNO2. The summed E-state index contributed by atoms with van der Waals surface area (Å²) >= 11 is 6.01. The first-order chi connectivity index (χ1) is 10.2. The number of halogens is 1. The molecule has 1 aromatic carbocycles. The van der Waals surface area contributed by atoms with Gasteiger partial charge in [-0.15, -0.1) is 0 Å². The summed E-state index contributed by atoms with van der Waals surface area (Å²) in [6.07, 6.45) is 5.56. The Hall–Kier alpha value is -1.61. The SMILES string of the molecule is O=C1[C@@H]2[C@H]3C=C[C@@H]([C@@H]4C[C@@H]34)[C@H]2C(=O)N1c1cccc(Cl)c1. The van der Waals surface area contributed by atoms with E-state index in [2.05, 4.69) is 12.2 Å². The fourth-order valence-electron chi connectivity index (χ4n) is 4.83. The summed E-state index contributed by atoms with van der Waals surface area (Å²) in [5, 5.41) is 0.548. The third kappa shape index (κ3) is 1.40. The van der Waals surface area contributed by atoms with Crippen LogP contribution in [0, 0.1) is 35.5 Å². The van der Waals surface area contributed by atoms with Crippen molar-refractivity contribution in [1.29, 1.82) is 0 Å². The van der Waals surface area contributed by atoms with Gasteiger partial charge in [0.2, 0.25) is 11.8 Å². The minimum Gasteiger partial charge on any atom is -0.274 e. The Morgan fingerprint density at radius 2 is 1.62 bits per heavy atom. The smallest absolute Gasteiger partial charge is 0.238 e. The summed E-state index contributed by atoms with van der Waals surface area (Å²) in [4.78, 5) is 27.1. The first kappa shape index (κ1) is 12.0. The van der Waals surface area contributed by atoms with Crippen LogP contribution in [0.5, 0.6) is 0 Å². The number of rotatable bonds is 1. The number of carbonyl (C=O) groups excluding carboxylic acids is 2. The third-order valence-corrected chi connectivity index (χ3v) is 5.96. The van der Waals surface area contributed by atoms with Gasteiger partial charge in [0.15, 0.2) is 0 Å². The standard InChI is InChI=1S/C17H14ClNO2/c18-8-2-1-3-9(6-8)19-16(20)14-10-4-5-11(13-7-12(10)13)15(14)17(19)21/h1-6,10-15H,7H2/t10-,11-,12-,13-,14+,15+/m0/s1. The highest BCUT2D eigenvalue weighted by molar-refractivity contribution is 6.31. The van der Waals surface area contributed by atoms with Crippen molar-refractivity contribution in [2.24, 2.45) is 35.5 Å². The van der Waals surface area contributed by atoms with Gasteiger partial charge >= 0.3 is 0 Å². The molecule has 2 amide bonds. The molecular weight excluding hydrogens is 286 g/mol. The summed E-state index contributed by atoms with van der Waals surface area (Å²) in [5.74, 6) is 1.46. The molecule has 0 spiro atoms. The van der Waals surface area contributed by atoms with E-state index in [1.807, 2.05) is 0 Å². The molecule has 0 radical (unpaired) electrons. The minimum absolute atomic E-state index is 0.0306. The Morgan fingerprint density at radius 1 is 1.00 bits per heavy atom. The molecule has 3 nitrogen and oxygen atoms in total. The van der Waals surface area contributed by atoms with Crippen LogP contribution in [0.25, 0.3) is 0 Å².